The van der Waals surface area contributed by atoms with E-state index in [-0.39, 0.29) is 6.10 Å². The highest BCUT2D eigenvalue weighted by atomic mass is 35.5. The van der Waals surface area contributed by atoms with E-state index in [1.807, 2.05) is 24.3 Å². The largest absolute Gasteiger partial charge is 0.481 e. The molecule has 0 amide bonds. The highest BCUT2D eigenvalue weighted by Crippen LogP contribution is 2.30. The number of methoxy groups -OCH3 is 1. The summed E-state index contributed by atoms with van der Waals surface area (Å²) in [5, 5.41) is 0.643. The first kappa shape index (κ1) is 14.9. The number of anilines is 1. The average Bonchev–Trinajstić information content (AvgIpc) is 2.57. The minimum Gasteiger partial charge on any atom is -0.481 e. The van der Waals surface area contributed by atoms with Crippen LogP contribution in [-0.2, 0) is 0 Å². The summed E-state index contributed by atoms with van der Waals surface area (Å²) in [5.41, 5.74) is 0.963. The average molecular weight is 320 g/mol. The van der Waals surface area contributed by atoms with Crippen LogP contribution in [0.1, 0.15) is 12.8 Å². The van der Waals surface area contributed by atoms with E-state index in [0.717, 1.165) is 31.6 Å². The lowest BCUT2D eigenvalue weighted by molar-refractivity contribution is 0.164. The van der Waals surface area contributed by atoms with Crippen LogP contribution in [0.5, 0.6) is 11.8 Å². The quantitative estimate of drug-likeness (QED) is 0.866. The molecule has 3 heterocycles. The number of hydrogen-bond acceptors (Lipinski definition) is 5. The Morgan fingerprint density at radius 1 is 1.18 bits per heavy atom. The normalized spacial score (nSPS) is 15.6. The molecule has 0 aromatic carbocycles. The molecule has 0 radical (unpaired) electrons. The molecule has 0 bridgehead atoms. The first-order valence-electron chi connectivity index (χ1n) is 7.28. The molecule has 1 saturated heterocycles. The van der Waals surface area contributed by atoms with Crippen LogP contribution in [0.25, 0.3) is 0 Å². The van der Waals surface area contributed by atoms with E-state index < -0.39 is 0 Å². The van der Waals surface area contributed by atoms with E-state index in [1.165, 1.54) is 0 Å². The maximum absolute atomic E-state index is 6.25. The molecule has 6 heteroatoms. The fraction of sp³-hybridized carbons (Fsp3) is 0.375. The van der Waals surface area contributed by atoms with Crippen LogP contribution in [-0.4, -0.2) is 36.3 Å². The van der Waals surface area contributed by atoms with Gasteiger partial charge in [-0.2, -0.15) is 0 Å². The van der Waals surface area contributed by atoms with Crippen LogP contribution in [0.4, 0.5) is 5.69 Å². The molecule has 0 spiro atoms. The molecule has 116 valence electrons. The number of rotatable bonds is 4. The van der Waals surface area contributed by atoms with E-state index in [9.17, 15) is 0 Å². The third-order valence-electron chi connectivity index (χ3n) is 3.73. The molecule has 0 atom stereocenters. The molecule has 22 heavy (non-hydrogen) atoms. The van der Waals surface area contributed by atoms with Gasteiger partial charge < -0.3 is 14.4 Å². The number of piperidine rings is 1. The SMILES string of the molecule is COc1cc(N2CCC(Oc3ccccn3)CC2)c(Cl)cn1. The van der Waals surface area contributed by atoms with Crippen LogP contribution >= 0.6 is 11.6 Å². The van der Waals surface area contributed by atoms with Crippen molar-refractivity contribution in [3.8, 4) is 11.8 Å². The van der Waals surface area contributed by atoms with Gasteiger partial charge in [0.15, 0.2) is 0 Å². The van der Waals surface area contributed by atoms with Gasteiger partial charge in [0.05, 0.1) is 24.0 Å². The number of halogens is 1. The minimum absolute atomic E-state index is 0.189. The van der Waals surface area contributed by atoms with Crippen molar-refractivity contribution in [3.63, 3.8) is 0 Å². The lowest BCUT2D eigenvalue weighted by Crippen LogP contribution is -2.38. The first-order chi connectivity index (χ1) is 10.8. The molecule has 0 aliphatic carbocycles. The van der Waals surface area contributed by atoms with Gasteiger partial charge in [-0.15, -0.1) is 0 Å². The Morgan fingerprint density at radius 2 is 2.00 bits per heavy atom. The summed E-state index contributed by atoms with van der Waals surface area (Å²) < 4.78 is 11.1. The van der Waals surface area contributed by atoms with Gasteiger partial charge in [0, 0.05) is 44.3 Å². The van der Waals surface area contributed by atoms with Crippen molar-refractivity contribution in [2.45, 2.75) is 18.9 Å². The van der Waals surface area contributed by atoms with Crippen LogP contribution in [0, 0.1) is 0 Å². The number of aromatic nitrogens is 2. The summed E-state index contributed by atoms with van der Waals surface area (Å²) in [6.45, 7) is 1.76. The Morgan fingerprint density at radius 3 is 2.68 bits per heavy atom. The zero-order chi connectivity index (χ0) is 15.4. The van der Waals surface area contributed by atoms with E-state index in [4.69, 9.17) is 21.1 Å². The highest BCUT2D eigenvalue weighted by Gasteiger charge is 2.23. The third-order valence-corrected chi connectivity index (χ3v) is 4.02. The fourth-order valence-corrected chi connectivity index (χ4v) is 2.79. The van der Waals surface area contributed by atoms with Gasteiger partial charge in [0.2, 0.25) is 11.8 Å². The Balaban J connectivity index is 1.62. The van der Waals surface area contributed by atoms with Crippen molar-refractivity contribution in [1.82, 2.24) is 9.97 Å². The second-order valence-electron chi connectivity index (χ2n) is 5.15. The smallest absolute Gasteiger partial charge is 0.215 e. The van der Waals surface area contributed by atoms with E-state index in [1.54, 1.807) is 19.5 Å². The Bertz CT molecular complexity index is 616. The molecule has 5 nitrogen and oxygen atoms in total. The number of ether oxygens (including phenoxy) is 2. The molecule has 0 unspecified atom stereocenters. The minimum atomic E-state index is 0.189. The zero-order valence-electron chi connectivity index (χ0n) is 12.4. The van der Waals surface area contributed by atoms with Crippen molar-refractivity contribution in [2.75, 3.05) is 25.1 Å². The van der Waals surface area contributed by atoms with Crippen molar-refractivity contribution in [2.24, 2.45) is 0 Å². The van der Waals surface area contributed by atoms with Gasteiger partial charge in [0.1, 0.15) is 6.10 Å². The summed E-state index contributed by atoms with van der Waals surface area (Å²) in [5.74, 6) is 1.26. The summed E-state index contributed by atoms with van der Waals surface area (Å²) in [6.07, 6.45) is 5.42. The third kappa shape index (κ3) is 3.42. The van der Waals surface area contributed by atoms with Crippen molar-refractivity contribution >= 4 is 17.3 Å². The van der Waals surface area contributed by atoms with Crippen LogP contribution < -0.4 is 14.4 Å². The summed E-state index contributed by atoms with van der Waals surface area (Å²) in [4.78, 5) is 10.6. The number of nitrogens with zero attached hydrogens (tertiary/aromatic N) is 3. The first-order valence-corrected chi connectivity index (χ1v) is 7.66. The number of hydrogen-bond donors (Lipinski definition) is 0. The molecule has 1 aliphatic rings. The molecule has 0 N–H and O–H groups in total. The summed E-state index contributed by atoms with van der Waals surface area (Å²) >= 11 is 6.25. The van der Waals surface area contributed by atoms with Crippen molar-refractivity contribution in [1.29, 1.82) is 0 Å². The predicted molar refractivity (Wildman–Crippen MR) is 85.9 cm³/mol. The summed E-state index contributed by atoms with van der Waals surface area (Å²) in [7, 11) is 1.60. The zero-order valence-corrected chi connectivity index (χ0v) is 13.2. The topological polar surface area (TPSA) is 47.5 Å². The number of pyridine rings is 2. The van der Waals surface area contributed by atoms with Gasteiger partial charge in [-0.3, -0.25) is 0 Å². The van der Waals surface area contributed by atoms with Crippen molar-refractivity contribution < 1.29 is 9.47 Å². The molecule has 0 saturated carbocycles. The summed E-state index contributed by atoms with van der Waals surface area (Å²) in [6, 6.07) is 7.58. The highest BCUT2D eigenvalue weighted by molar-refractivity contribution is 6.33. The fourth-order valence-electron chi connectivity index (χ4n) is 2.57. The lowest BCUT2D eigenvalue weighted by atomic mass is 10.1. The standard InChI is InChI=1S/C16H18ClN3O2/c1-21-16-10-14(13(17)11-19-16)20-8-5-12(6-9-20)22-15-4-2-3-7-18-15/h2-4,7,10-12H,5-6,8-9H2,1H3. The van der Waals surface area contributed by atoms with E-state index in [0.29, 0.717) is 16.8 Å². The molecule has 3 rings (SSSR count). The monoisotopic (exact) mass is 319 g/mol. The van der Waals surface area contributed by atoms with Gasteiger partial charge in [-0.05, 0) is 6.07 Å². The Labute approximate surface area is 134 Å². The van der Waals surface area contributed by atoms with Gasteiger partial charge >= 0.3 is 0 Å². The second kappa shape index (κ2) is 6.83. The maximum Gasteiger partial charge on any atom is 0.215 e. The van der Waals surface area contributed by atoms with Crippen LogP contribution in [0.2, 0.25) is 5.02 Å². The van der Waals surface area contributed by atoms with Crippen molar-refractivity contribution in [3.05, 3.63) is 41.7 Å². The van der Waals surface area contributed by atoms with Gasteiger partial charge in [-0.1, -0.05) is 17.7 Å². The Kier molecular flexibility index (Phi) is 4.63. The van der Waals surface area contributed by atoms with E-state index in [2.05, 4.69) is 14.9 Å². The molecular formula is C16H18ClN3O2. The molecule has 2 aromatic rings. The van der Waals surface area contributed by atoms with Gasteiger partial charge in [0.25, 0.3) is 0 Å². The second-order valence-corrected chi connectivity index (χ2v) is 5.56. The molecule has 2 aromatic heterocycles. The molecule has 1 aliphatic heterocycles. The lowest BCUT2D eigenvalue weighted by Gasteiger charge is -2.33. The molecule has 1 fully saturated rings. The molecular weight excluding hydrogens is 302 g/mol. The maximum atomic E-state index is 6.25. The van der Waals surface area contributed by atoms with E-state index >= 15 is 0 Å². The van der Waals surface area contributed by atoms with Crippen LogP contribution in [0.3, 0.4) is 0 Å². The van der Waals surface area contributed by atoms with Crippen LogP contribution in [0.15, 0.2) is 36.7 Å². The Hall–Kier alpha value is -2.01. The van der Waals surface area contributed by atoms with Gasteiger partial charge in [-0.25, -0.2) is 9.97 Å². The predicted octanol–water partition coefficient (Wildman–Crippen LogP) is 3.19.